The summed E-state index contributed by atoms with van der Waals surface area (Å²) >= 11 is 1.74. The maximum absolute atomic E-state index is 12.3. The number of hydrogen-bond acceptors (Lipinski definition) is 5. The maximum Gasteiger partial charge on any atom is 0.490 e. The van der Waals surface area contributed by atoms with E-state index in [0.29, 0.717) is 18.6 Å². The van der Waals surface area contributed by atoms with Crippen molar-refractivity contribution in [3.8, 4) is 0 Å². The third-order valence-corrected chi connectivity index (χ3v) is 5.77. The molecule has 0 bridgehead atoms. The van der Waals surface area contributed by atoms with E-state index in [4.69, 9.17) is 14.6 Å². The number of alkyl halides is 3. The van der Waals surface area contributed by atoms with Crippen molar-refractivity contribution in [1.82, 2.24) is 10.2 Å². The Labute approximate surface area is 165 Å². The molecule has 2 saturated heterocycles. The fourth-order valence-corrected chi connectivity index (χ4v) is 4.11. The topological polar surface area (TPSA) is 78.9 Å². The Bertz CT molecular complexity index is 639. The van der Waals surface area contributed by atoms with Crippen molar-refractivity contribution in [2.75, 3.05) is 33.3 Å². The molecule has 2 aliphatic rings. The van der Waals surface area contributed by atoms with Gasteiger partial charge in [0.15, 0.2) is 0 Å². The van der Waals surface area contributed by atoms with Gasteiger partial charge in [-0.15, -0.1) is 11.3 Å². The number of carboxylic acids is 1. The van der Waals surface area contributed by atoms with E-state index in [1.165, 1.54) is 4.88 Å². The number of likely N-dealkylation sites (tertiary alicyclic amines) is 1. The molecule has 3 heterocycles. The fourth-order valence-electron chi connectivity index (χ4n) is 3.40. The third kappa shape index (κ3) is 7.06. The second-order valence-corrected chi connectivity index (χ2v) is 8.07. The lowest BCUT2D eigenvalue weighted by Gasteiger charge is -2.41. The summed E-state index contributed by atoms with van der Waals surface area (Å²) in [6.07, 6.45) is -1.71. The molecule has 2 aliphatic heterocycles. The highest BCUT2D eigenvalue weighted by atomic mass is 32.1. The number of amides is 1. The van der Waals surface area contributed by atoms with Gasteiger partial charge in [0.2, 0.25) is 5.91 Å². The van der Waals surface area contributed by atoms with Crippen molar-refractivity contribution >= 4 is 23.2 Å². The van der Waals surface area contributed by atoms with Crippen LogP contribution in [0.2, 0.25) is 0 Å². The number of thiophene rings is 1. The Balaban J connectivity index is 0.000000345. The number of carbonyl (C=O) groups excluding carboxylic acids is 1. The summed E-state index contributed by atoms with van der Waals surface area (Å²) in [5.41, 5.74) is 0. The van der Waals surface area contributed by atoms with Crippen LogP contribution in [-0.2, 0) is 20.7 Å². The lowest BCUT2D eigenvalue weighted by atomic mass is 9.83. The predicted molar refractivity (Wildman–Crippen MR) is 98.2 cm³/mol. The van der Waals surface area contributed by atoms with Crippen LogP contribution in [-0.4, -0.2) is 67.5 Å². The minimum absolute atomic E-state index is 0.0288. The molecule has 0 unspecified atom stereocenters. The standard InChI is InChI=1S/C16H24N2O2S.C2HF3O2/c1-18-7-5-15-12(10-18)9-13(11-20-15)16(19)17-6-4-14-3-2-8-21-14;3-2(4,5)1(6)7/h2-3,8,12-13,15H,4-7,9-11H2,1H3,(H,17,19);(H,6,7)/t12-,13-,15+;/m1./s1. The van der Waals surface area contributed by atoms with Gasteiger partial charge in [-0.3, -0.25) is 4.79 Å². The van der Waals surface area contributed by atoms with Gasteiger partial charge in [-0.05, 0) is 43.7 Å². The Morgan fingerprint density at radius 3 is 2.75 bits per heavy atom. The minimum Gasteiger partial charge on any atom is -0.475 e. The number of carbonyl (C=O) groups is 2. The number of aliphatic carboxylic acids is 1. The molecule has 0 radical (unpaired) electrons. The first-order valence-electron chi connectivity index (χ1n) is 9.07. The number of hydrogen-bond donors (Lipinski definition) is 2. The van der Waals surface area contributed by atoms with E-state index in [1.807, 2.05) is 0 Å². The largest absolute Gasteiger partial charge is 0.490 e. The van der Waals surface area contributed by atoms with Crippen LogP contribution in [0.3, 0.4) is 0 Å². The zero-order valence-electron chi connectivity index (χ0n) is 15.6. The predicted octanol–water partition coefficient (Wildman–Crippen LogP) is 2.40. The summed E-state index contributed by atoms with van der Waals surface area (Å²) in [6.45, 7) is 3.49. The van der Waals surface area contributed by atoms with Gasteiger partial charge in [0.1, 0.15) is 0 Å². The average Bonchev–Trinajstić information content (AvgIpc) is 3.14. The molecule has 0 aromatic carbocycles. The highest BCUT2D eigenvalue weighted by Crippen LogP contribution is 2.30. The molecule has 3 rings (SSSR count). The lowest BCUT2D eigenvalue weighted by molar-refractivity contribution is -0.192. The van der Waals surface area contributed by atoms with Gasteiger partial charge in [0.05, 0.1) is 18.6 Å². The van der Waals surface area contributed by atoms with E-state index in [-0.39, 0.29) is 11.8 Å². The van der Waals surface area contributed by atoms with Crippen molar-refractivity contribution in [1.29, 1.82) is 0 Å². The molecule has 0 saturated carbocycles. The number of fused-ring (bicyclic) bond motifs is 1. The molecule has 158 valence electrons. The average molecular weight is 422 g/mol. The van der Waals surface area contributed by atoms with E-state index >= 15 is 0 Å². The Morgan fingerprint density at radius 2 is 2.14 bits per heavy atom. The van der Waals surface area contributed by atoms with Crippen LogP contribution in [0.15, 0.2) is 17.5 Å². The molecule has 1 aromatic heterocycles. The van der Waals surface area contributed by atoms with Gasteiger partial charge < -0.3 is 20.1 Å². The molecule has 10 heteroatoms. The van der Waals surface area contributed by atoms with E-state index in [1.54, 1.807) is 11.3 Å². The highest BCUT2D eigenvalue weighted by Gasteiger charge is 2.38. The summed E-state index contributed by atoms with van der Waals surface area (Å²) in [5, 5.41) is 12.3. The van der Waals surface area contributed by atoms with E-state index in [2.05, 4.69) is 34.8 Å². The molecular weight excluding hydrogens is 397 g/mol. The second kappa shape index (κ2) is 10.2. The van der Waals surface area contributed by atoms with E-state index < -0.39 is 12.1 Å². The summed E-state index contributed by atoms with van der Waals surface area (Å²) in [6, 6.07) is 4.17. The van der Waals surface area contributed by atoms with Crippen LogP contribution < -0.4 is 5.32 Å². The zero-order valence-corrected chi connectivity index (χ0v) is 16.4. The molecule has 3 atom stereocenters. The number of nitrogens with zero attached hydrogens (tertiary/aromatic N) is 1. The third-order valence-electron chi connectivity index (χ3n) is 4.83. The Morgan fingerprint density at radius 1 is 1.43 bits per heavy atom. The van der Waals surface area contributed by atoms with Gasteiger partial charge in [0.25, 0.3) is 0 Å². The van der Waals surface area contributed by atoms with Crippen LogP contribution >= 0.6 is 11.3 Å². The van der Waals surface area contributed by atoms with Crippen LogP contribution in [0.5, 0.6) is 0 Å². The monoisotopic (exact) mass is 422 g/mol. The van der Waals surface area contributed by atoms with Crippen molar-refractivity contribution < 1.29 is 32.6 Å². The molecule has 0 spiro atoms. The molecule has 6 nitrogen and oxygen atoms in total. The number of nitrogens with one attached hydrogen (secondary N) is 1. The maximum atomic E-state index is 12.3. The number of halogens is 3. The molecule has 1 amide bonds. The fraction of sp³-hybridized carbons (Fsp3) is 0.667. The summed E-state index contributed by atoms with van der Waals surface area (Å²) in [7, 11) is 2.15. The van der Waals surface area contributed by atoms with Crippen molar-refractivity contribution in [3.05, 3.63) is 22.4 Å². The minimum atomic E-state index is -5.08. The summed E-state index contributed by atoms with van der Waals surface area (Å²) in [4.78, 5) is 24.8. The normalized spacial score (nSPS) is 25.2. The highest BCUT2D eigenvalue weighted by molar-refractivity contribution is 7.09. The van der Waals surface area contributed by atoms with Crippen LogP contribution in [0.4, 0.5) is 13.2 Å². The van der Waals surface area contributed by atoms with Crippen molar-refractivity contribution in [2.24, 2.45) is 11.8 Å². The second-order valence-electron chi connectivity index (χ2n) is 7.04. The van der Waals surface area contributed by atoms with E-state index in [9.17, 15) is 18.0 Å². The number of rotatable bonds is 4. The van der Waals surface area contributed by atoms with Crippen LogP contribution in [0.1, 0.15) is 17.7 Å². The van der Waals surface area contributed by atoms with E-state index in [0.717, 1.165) is 38.9 Å². The first-order valence-corrected chi connectivity index (χ1v) is 9.95. The lowest BCUT2D eigenvalue weighted by Crippen LogP contribution is -2.49. The molecule has 0 aliphatic carbocycles. The zero-order chi connectivity index (χ0) is 20.7. The molecule has 2 fully saturated rings. The van der Waals surface area contributed by atoms with Gasteiger partial charge in [-0.1, -0.05) is 6.07 Å². The number of piperidine rings is 1. The first kappa shape index (κ1) is 22.6. The van der Waals surface area contributed by atoms with Crippen molar-refractivity contribution in [2.45, 2.75) is 31.5 Å². The van der Waals surface area contributed by atoms with Crippen LogP contribution in [0.25, 0.3) is 0 Å². The molecule has 1 aromatic rings. The number of carboxylic acid groups (broad SMARTS) is 1. The quantitative estimate of drug-likeness (QED) is 0.779. The molecular formula is C18H25F3N2O4S. The van der Waals surface area contributed by atoms with Gasteiger partial charge in [-0.2, -0.15) is 13.2 Å². The molecule has 28 heavy (non-hydrogen) atoms. The first-order chi connectivity index (χ1) is 13.2. The van der Waals surface area contributed by atoms with Crippen LogP contribution in [0, 0.1) is 11.8 Å². The summed E-state index contributed by atoms with van der Waals surface area (Å²) in [5.74, 6) is -2.04. The van der Waals surface area contributed by atoms with Crippen molar-refractivity contribution in [3.63, 3.8) is 0 Å². The SMILES string of the molecule is CN1CC[C@@H]2OC[C@H](C(=O)NCCc3cccs3)C[C@@H]2C1.O=C(O)C(F)(F)F. The molecule has 2 N–H and O–H groups in total. The van der Waals surface area contributed by atoms with Gasteiger partial charge in [-0.25, -0.2) is 4.79 Å². The van der Waals surface area contributed by atoms with Gasteiger partial charge in [0, 0.05) is 24.5 Å². The summed E-state index contributed by atoms with van der Waals surface area (Å²) < 4.78 is 37.7. The number of ether oxygens (including phenoxy) is 1. The Kier molecular flexibility index (Phi) is 8.26. The smallest absolute Gasteiger partial charge is 0.475 e. The van der Waals surface area contributed by atoms with Gasteiger partial charge >= 0.3 is 12.1 Å². The Hall–Kier alpha value is -1.65.